The molecule has 1 N–H and O–H groups in total. The van der Waals surface area contributed by atoms with Gasteiger partial charge in [0.2, 0.25) is 0 Å². The van der Waals surface area contributed by atoms with Crippen LogP contribution in [0.3, 0.4) is 0 Å². The Morgan fingerprint density at radius 2 is 1.75 bits per heavy atom. The van der Waals surface area contributed by atoms with Gasteiger partial charge in [-0.05, 0) is 35.2 Å². The third-order valence-corrected chi connectivity index (χ3v) is 3.83. The van der Waals surface area contributed by atoms with Gasteiger partial charge in [-0.2, -0.15) is 0 Å². The van der Waals surface area contributed by atoms with E-state index < -0.39 is 0 Å². The van der Waals surface area contributed by atoms with Crippen LogP contribution < -0.4 is 5.32 Å². The monoisotopic (exact) mass is 320 g/mol. The van der Waals surface area contributed by atoms with Crippen molar-refractivity contribution >= 4 is 11.6 Å². The second-order valence-corrected chi connectivity index (χ2v) is 6.65. The molecule has 0 spiro atoms. The zero-order valence-electron chi connectivity index (χ0n) is 14.0. The summed E-state index contributed by atoms with van der Waals surface area (Å²) in [6, 6.07) is 15.2. The summed E-state index contributed by atoms with van der Waals surface area (Å²) in [6.45, 7) is 6.45. The van der Waals surface area contributed by atoms with Crippen molar-refractivity contribution in [2.24, 2.45) is 0 Å². The van der Waals surface area contributed by atoms with Gasteiger partial charge in [0.15, 0.2) is 0 Å². The van der Waals surface area contributed by atoms with Crippen LogP contribution in [0.2, 0.25) is 0 Å². The van der Waals surface area contributed by atoms with Gasteiger partial charge >= 0.3 is 0 Å². The van der Waals surface area contributed by atoms with E-state index in [1.807, 2.05) is 48.5 Å². The molecule has 5 heteroatoms. The first-order valence-corrected chi connectivity index (χ1v) is 7.83. The third-order valence-electron chi connectivity index (χ3n) is 3.83. The van der Waals surface area contributed by atoms with Crippen LogP contribution in [0.1, 0.15) is 36.7 Å². The molecule has 0 saturated heterocycles. The average Bonchev–Trinajstić information content (AvgIpc) is 3.09. The minimum Gasteiger partial charge on any atom is -0.320 e. The summed E-state index contributed by atoms with van der Waals surface area (Å²) in [5.74, 6) is -0.150. The molecule has 0 atom stereocenters. The summed E-state index contributed by atoms with van der Waals surface area (Å²) in [5, 5.41) is 10.7. The highest BCUT2D eigenvalue weighted by atomic mass is 16.1. The Bertz CT molecular complexity index is 831. The van der Waals surface area contributed by atoms with Gasteiger partial charge in [-0.15, -0.1) is 5.10 Å². The maximum atomic E-state index is 12.5. The topological polar surface area (TPSA) is 59.8 Å². The van der Waals surface area contributed by atoms with E-state index in [-0.39, 0.29) is 11.3 Å². The number of para-hydroxylation sites is 2. The van der Waals surface area contributed by atoms with Crippen LogP contribution in [0.5, 0.6) is 0 Å². The van der Waals surface area contributed by atoms with E-state index in [4.69, 9.17) is 0 Å². The van der Waals surface area contributed by atoms with Crippen molar-refractivity contribution in [1.29, 1.82) is 0 Å². The van der Waals surface area contributed by atoms with Crippen LogP contribution in [0, 0.1) is 0 Å². The lowest BCUT2D eigenvalue weighted by molar-refractivity contribution is 0.102. The number of hydrogen-bond donors (Lipinski definition) is 1. The van der Waals surface area contributed by atoms with E-state index in [0.717, 1.165) is 5.69 Å². The number of anilines is 1. The molecule has 122 valence electrons. The number of benzene rings is 2. The number of nitrogens with zero attached hydrogens (tertiary/aromatic N) is 3. The number of hydrogen-bond acceptors (Lipinski definition) is 3. The summed E-state index contributed by atoms with van der Waals surface area (Å²) in [6.07, 6.45) is 3.34. The van der Waals surface area contributed by atoms with Crippen molar-refractivity contribution in [2.45, 2.75) is 26.2 Å². The molecule has 0 aliphatic heterocycles. The van der Waals surface area contributed by atoms with E-state index in [1.165, 1.54) is 5.56 Å². The van der Waals surface area contributed by atoms with E-state index >= 15 is 0 Å². The Kier molecular flexibility index (Phi) is 4.16. The van der Waals surface area contributed by atoms with Gasteiger partial charge in [-0.25, -0.2) is 4.68 Å². The molecule has 24 heavy (non-hydrogen) atoms. The zero-order chi connectivity index (χ0) is 17.2. The molecule has 0 bridgehead atoms. The lowest BCUT2D eigenvalue weighted by Crippen LogP contribution is -2.15. The van der Waals surface area contributed by atoms with E-state index in [2.05, 4.69) is 36.4 Å². The maximum Gasteiger partial charge on any atom is 0.255 e. The first-order chi connectivity index (χ1) is 11.4. The van der Waals surface area contributed by atoms with Crippen molar-refractivity contribution in [3.8, 4) is 5.69 Å². The molecule has 0 radical (unpaired) electrons. The van der Waals surface area contributed by atoms with Crippen LogP contribution >= 0.6 is 0 Å². The lowest BCUT2D eigenvalue weighted by atomic mass is 9.87. The summed E-state index contributed by atoms with van der Waals surface area (Å²) >= 11 is 0. The molecule has 1 aromatic heterocycles. The van der Waals surface area contributed by atoms with Gasteiger partial charge in [0.25, 0.3) is 5.91 Å². The SMILES string of the molecule is CC(C)(C)c1ccc(C(=O)Nc2ccccc2-n2ccnn2)cc1. The van der Waals surface area contributed by atoms with Crippen molar-refractivity contribution in [2.75, 3.05) is 5.32 Å². The van der Waals surface area contributed by atoms with Gasteiger partial charge in [0.05, 0.1) is 23.8 Å². The normalized spacial score (nSPS) is 11.3. The number of carbonyl (C=O) groups is 1. The maximum absolute atomic E-state index is 12.5. The van der Waals surface area contributed by atoms with Crippen LogP contribution in [0.25, 0.3) is 5.69 Å². The number of amides is 1. The summed E-state index contributed by atoms with van der Waals surface area (Å²) in [4.78, 5) is 12.5. The first kappa shape index (κ1) is 15.9. The van der Waals surface area contributed by atoms with Gasteiger partial charge in [0, 0.05) is 5.56 Å². The Labute approximate surface area is 141 Å². The van der Waals surface area contributed by atoms with E-state index in [1.54, 1.807) is 17.1 Å². The smallest absolute Gasteiger partial charge is 0.255 e. The molecule has 0 aliphatic rings. The third kappa shape index (κ3) is 3.35. The molecule has 5 nitrogen and oxygen atoms in total. The van der Waals surface area contributed by atoms with E-state index in [9.17, 15) is 4.79 Å². The molecule has 2 aromatic carbocycles. The van der Waals surface area contributed by atoms with Gasteiger partial charge in [0.1, 0.15) is 0 Å². The molecule has 0 fully saturated rings. The minimum absolute atomic E-state index is 0.0642. The molecular weight excluding hydrogens is 300 g/mol. The molecule has 0 unspecified atom stereocenters. The number of carbonyl (C=O) groups excluding carboxylic acids is 1. The average molecular weight is 320 g/mol. The Morgan fingerprint density at radius 3 is 2.38 bits per heavy atom. The standard InChI is InChI=1S/C19H20N4O/c1-19(2,3)15-10-8-14(9-11-15)18(24)21-16-6-4-5-7-17(16)23-13-12-20-22-23/h4-13H,1-3H3,(H,21,24). The Balaban J connectivity index is 1.83. The minimum atomic E-state index is -0.150. The summed E-state index contributed by atoms with van der Waals surface area (Å²) < 4.78 is 1.62. The largest absolute Gasteiger partial charge is 0.320 e. The van der Waals surface area contributed by atoms with Gasteiger partial charge in [-0.1, -0.05) is 50.3 Å². The number of rotatable bonds is 3. The predicted molar refractivity (Wildman–Crippen MR) is 94.5 cm³/mol. The van der Waals surface area contributed by atoms with Crippen molar-refractivity contribution in [3.05, 3.63) is 72.1 Å². The highest BCUT2D eigenvalue weighted by molar-refractivity contribution is 6.05. The summed E-state index contributed by atoms with van der Waals surface area (Å²) in [5.41, 5.74) is 3.34. The fourth-order valence-corrected chi connectivity index (χ4v) is 2.43. The molecule has 0 aliphatic carbocycles. The quantitative estimate of drug-likeness (QED) is 0.798. The highest BCUT2D eigenvalue weighted by Gasteiger charge is 2.15. The van der Waals surface area contributed by atoms with Gasteiger partial charge in [-0.3, -0.25) is 4.79 Å². The first-order valence-electron chi connectivity index (χ1n) is 7.83. The van der Waals surface area contributed by atoms with E-state index in [0.29, 0.717) is 11.3 Å². The zero-order valence-corrected chi connectivity index (χ0v) is 14.0. The molecule has 3 rings (SSSR count). The van der Waals surface area contributed by atoms with Crippen molar-refractivity contribution < 1.29 is 4.79 Å². The van der Waals surface area contributed by atoms with Gasteiger partial charge < -0.3 is 5.32 Å². The summed E-state index contributed by atoms with van der Waals surface area (Å²) in [7, 11) is 0. The fourth-order valence-electron chi connectivity index (χ4n) is 2.43. The number of aromatic nitrogens is 3. The van der Waals surface area contributed by atoms with Crippen LogP contribution in [0.15, 0.2) is 60.9 Å². The molecule has 0 saturated carbocycles. The molecule has 3 aromatic rings. The highest BCUT2D eigenvalue weighted by Crippen LogP contribution is 2.23. The number of nitrogens with one attached hydrogen (secondary N) is 1. The molecule has 1 heterocycles. The van der Waals surface area contributed by atoms with Crippen LogP contribution in [-0.2, 0) is 5.41 Å². The fraction of sp³-hybridized carbons (Fsp3) is 0.211. The second kappa shape index (κ2) is 6.28. The van der Waals surface area contributed by atoms with Crippen LogP contribution in [-0.4, -0.2) is 20.9 Å². The Morgan fingerprint density at radius 1 is 1.04 bits per heavy atom. The van der Waals surface area contributed by atoms with Crippen molar-refractivity contribution in [1.82, 2.24) is 15.0 Å². The Hall–Kier alpha value is -2.95. The lowest BCUT2D eigenvalue weighted by Gasteiger charge is -2.19. The second-order valence-electron chi connectivity index (χ2n) is 6.65. The predicted octanol–water partition coefficient (Wildman–Crippen LogP) is 3.82. The van der Waals surface area contributed by atoms with Crippen molar-refractivity contribution in [3.63, 3.8) is 0 Å². The molecule has 1 amide bonds. The molecular formula is C19H20N4O. The van der Waals surface area contributed by atoms with Crippen LogP contribution in [0.4, 0.5) is 5.69 Å².